The molecule has 0 aliphatic carbocycles. The quantitative estimate of drug-likeness (QED) is 0.483. The van der Waals surface area contributed by atoms with Crippen LogP contribution in [0.1, 0.15) is 50.8 Å². The number of esters is 1. The van der Waals surface area contributed by atoms with Crippen LogP contribution in [0.5, 0.6) is 0 Å². The Morgan fingerprint density at radius 2 is 2.00 bits per heavy atom. The van der Waals surface area contributed by atoms with Gasteiger partial charge in [0.1, 0.15) is 0 Å². The molecule has 6 heteroatoms. The molecule has 2 rings (SSSR count). The summed E-state index contributed by atoms with van der Waals surface area (Å²) in [4.78, 5) is 16.7. The van der Waals surface area contributed by atoms with E-state index in [4.69, 9.17) is 9.16 Å². The second kappa shape index (κ2) is 7.56. The van der Waals surface area contributed by atoms with Crippen molar-refractivity contribution in [2.75, 3.05) is 6.61 Å². The standard InChI is InChI=1S/C19H29NO3SSi/c1-8-22-18(21)12-16(23-25(6,7)19(3,4)5)14-9-10-17-15(11-14)20-13(2)24-17/h9-11,16H,8,12H2,1-7H3. The van der Waals surface area contributed by atoms with Gasteiger partial charge < -0.3 is 9.16 Å². The van der Waals surface area contributed by atoms with E-state index in [2.05, 4.69) is 57.0 Å². The number of carbonyl (C=O) groups excluding carboxylic acids is 1. The summed E-state index contributed by atoms with van der Waals surface area (Å²) in [6, 6.07) is 6.18. The van der Waals surface area contributed by atoms with Gasteiger partial charge in [-0.3, -0.25) is 4.79 Å². The number of nitrogens with zero attached hydrogens (tertiary/aromatic N) is 1. The fourth-order valence-electron chi connectivity index (χ4n) is 2.39. The molecule has 138 valence electrons. The predicted molar refractivity (Wildman–Crippen MR) is 107 cm³/mol. The van der Waals surface area contributed by atoms with Crippen molar-refractivity contribution in [3.63, 3.8) is 0 Å². The second-order valence-corrected chi connectivity index (χ2v) is 13.8. The van der Waals surface area contributed by atoms with Gasteiger partial charge in [-0.05, 0) is 49.7 Å². The molecule has 0 fully saturated rings. The third kappa shape index (κ3) is 4.89. The SMILES string of the molecule is CCOC(=O)CC(O[Si](C)(C)C(C)(C)C)c1ccc2sc(C)nc2c1. The number of hydrogen-bond acceptors (Lipinski definition) is 5. The van der Waals surface area contributed by atoms with Gasteiger partial charge >= 0.3 is 5.97 Å². The van der Waals surface area contributed by atoms with Gasteiger partial charge in [0.05, 0.1) is 34.4 Å². The number of ether oxygens (including phenoxy) is 1. The van der Waals surface area contributed by atoms with Gasteiger partial charge in [0, 0.05) is 0 Å². The zero-order chi connectivity index (χ0) is 18.8. The van der Waals surface area contributed by atoms with Gasteiger partial charge in [-0.25, -0.2) is 4.98 Å². The molecule has 0 spiro atoms. The number of thiazole rings is 1. The molecule has 0 radical (unpaired) electrons. The van der Waals surface area contributed by atoms with Crippen LogP contribution in [0.25, 0.3) is 10.2 Å². The highest BCUT2D eigenvalue weighted by molar-refractivity contribution is 7.18. The molecule has 2 aromatic rings. The summed E-state index contributed by atoms with van der Waals surface area (Å²) in [7, 11) is -2.03. The Hall–Kier alpha value is -1.24. The predicted octanol–water partition coefficient (Wildman–Crippen LogP) is 5.62. The number of fused-ring (bicyclic) bond motifs is 1. The summed E-state index contributed by atoms with van der Waals surface area (Å²) in [5.41, 5.74) is 1.96. The van der Waals surface area contributed by atoms with Crippen molar-refractivity contribution in [2.24, 2.45) is 0 Å². The van der Waals surface area contributed by atoms with Crippen LogP contribution >= 0.6 is 11.3 Å². The molecule has 25 heavy (non-hydrogen) atoms. The van der Waals surface area contributed by atoms with Crippen LogP contribution in [-0.2, 0) is 14.0 Å². The van der Waals surface area contributed by atoms with E-state index >= 15 is 0 Å². The molecule has 0 aliphatic heterocycles. The zero-order valence-corrected chi connectivity index (χ0v) is 18.1. The fraction of sp³-hybridized carbons (Fsp3) is 0.579. The molecule has 1 aromatic heterocycles. The Morgan fingerprint density at radius 1 is 1.32 bits per heavy atom. The van der Waals surface area contributed by atoms with Crippen LogP contribution in [0.4, 0.5) is 0 Å². The minimum atomic E-state index is -2.03. The monoisotopic (exact) mass is 379 g/mol. The lowest BCUT2D eigenvalue weighted by atomic mass is 10.1. The molecule has 1 unspecified atom stereocenters. The summed E-state index contributed by atoms with van der Waals surface area (Å²) in [6.45, 7) is 15.2. The Bertz CT molecular complexity index is 749. The molecule has 0 N–H and O–H groups in total. The molecular formula is C19H29NO3SSi. The van der Waals surface area contributed by atoms with E-state index in [1.807, 2.05) is 13.8 Å². The summed E-state index contributed by atoms with van der Waals surface area (Å²) in [5, 5.41) is 1.11. The highest BCUT2D eigenvalue weighted by Gasteiger charge is 2.40. The molecule has 0 bridgehead atoms. The maximum atomic E-state index is 12.1. The van der Waals surface area contributed by atoms with Gasteiger partial charge in [-0.2, -0.15) is 0 Å². The van der Waals surface area contributed by atoms with Crippen LogP contribution < -0.4 is 0 Å². The topological polar surface area (TPSA) is 48.4 Å². The van der Waals surface area contributed by atoms with Gasteiger partial charge in [0.15, 0.2) is 8.32 Å². The van der Waals surface area contributed by atoms with Crippen LogP contribution in [0, 0.1) is 6.92 Å². The first kappa shape index (κ1) is 20.1. The number of aromatic nitrogens is 1. The summed E-state index contributed by atoms with van der Waals surface area (Å²) in [6.07, 6.45) is -0.0686. The average Bonchev–Trinajstić information content (AvgIpc) is 2.84. The number of rotatable bonds is 6. The minimum absolute atomic E-state index is 0.0707. The third-order valence-corrected chi connectivity index (χ3v) is 10.2. The van der Waals surface area contributed by atoms with Crippen molar-refractivity contribution < 1.29 is 14.0 Å². The maximum Gasteiger partial charge on any atom is 0.308 e. The molecule has 1 heterocycles. The fourth-order valence-corrected chi connectivity index (χ4v) is 4.48. The van der Waals surface area contributed by atoms with E-state index in [0.717, 1.165) is 20.8 Å². The largest absolute Gasteiger partial charge is 0.466 e. The second-order valence-electron chi connectivity index (χ2n) is 7.84. The van der Waals surface area contributed by atoms with Crippen molar-refractivity contribution in [2.45, 2.75) is 65.3 Å². The maximum absolute atomic E-state index is 12.1. The Labute approximate surface area is 155 Å². The first-order chi connectivity index (χ1) is 11.5. The van der Waals surface area contributed by atoms with Gasteiger partial charge in [-0.1, -0.05) is 26.8 Å². The molecule has 1 aromatic carbocycles. The first-order valence-electron chi connectivity index (χ1n) is 8.74. The highest BCUT2D eigenvalue weighted by Crippen LogP contribution is 2.41. The van der Waals surface area contributed by atoms with E-state index < -0.39 is 8.32 Å². The van der Waals surface area contributed by atoms with Crippen LogP contribution in [0.3, 0.4) is 0 Å². The van der Waals surface area contributed by atoms with E-state index in [1.54, 1.807) is 11.3 Å². The lowest BCUT2D eigenvalue weighted by Crippen LogP contribution is -2.42. The summed E-state index contributed by atoms with van der Waals surface area (Å²) >= 11 is 1.68. The summed E-state index contributed by atoms with van der Waals surface area (Å²) < 4.78 is 12.9. The van der Waals surface area contributed by atoms with E-state index in [1.165, 1.54) is 0 Å². The van der Waals surface area contributed by atoms with E-state index in [-0.39, 0.29) is 23.5 Å². The first-order valence-corrected chi connectivity index (χ1v) is 12.5. The van der Waals surface area contributed by atoms with E-state index in [0.29, 0.717) is 6.61 Å². The normalized spacial score (nSPS) is 13.9. The van der Waals surface area contributed by atoms with Gasteiger partial charge in [-0.15, -0.1) is 11.3 Å². The third-order valence-electron chi connectivity index (χ3n) is 4.79. The zero-order valence-electron chi connectivity index (χ0n) is 16.3. The molecule has 0 aliphatic rings. The van der Waals surface area contributed by atoms with Gasteiger partial charge in [0.25, 0.3) is 0 Å². The van der Waals surface area contributed by atoms with Gasteiger partial charge in [0.2, 0.25) is 0 Å². The molecule has 1 atom stereocenters. The van der Waals surface area contributed by atoms with Crippen molar-refractivity contribution in [3.8, 4) is 0 Å². The number of carbonyl (C=O) groups is 1. The van der Waals surface area contributed by atoms with Crippen molar-refractivity contribution in [1.29, 1.82) is 0 Å². The Kier molecular flexibility index (Phi) is 6.07. The molecule has 4 nitrogen and oxygen atoms in total. The van der Waals surface area contributed by atoms with Crippen molar-refractivity contribution in [3.05, 3.63) is 28.8 Å². The molecular weight excluding hydrogens is 350 g/mol. The smallest absolute Gasteiger partial charge is 0.308 e. The van der Waals surface area contributed by atoms with Crippen molar-refractivity contribution in [1.82, 2.24) is 4.98 Å². The lowest BCUT2D eigenvalue weighted by molar-refractivity contribution is -0.145. The molecule has 0 saturated heterocycles. The van der Waals surface area contributed by atoms with E-state index in [9.17, 15) is 4.79 Å². The van der Waals surface area contributed by atoms with Crippen LogP contribution in [-0.4, -0.2) is 25.9 Å². The molecule has 0 amide bonds. The number of aryl methyl sites for hydroxylation is 1. The Balaban J connectivity index is 2.36. The highest BCUT2D eigenvalue weighted by atomic mass is 32.1. The minimum Gasteiger partial charge on any atom is -0.466 e. The van der Waals surface area contributed by atoms with Crippen molar-refractivity contribution >= 4 is 35.8 Å². The lowest BCUT2D eigenvalue weighted by Gasteiger charge is -2.39. The Morgan fingerprint density at radius 3 is 2.60 bits per heavy atom. The number of benzene rings is 1. The van der Waals surface area contributed by atoms with Crippen LogP contribution in [0.15, 0.2) is 18.2 Å². The summed E-state index contributed by atoms with van der Waals surface area (Å²) in [5.74, 6) is -0.222. The average molecular weight is 380 g/mol. The number of hydrogen-bond donors (Lipinski definition) is 0. The van der Waals surface area contributed by atoms with Crippen LogP contribution in [0.2, 0.25) is 18.1 Å². The molecule has 0 saturated carbocycles.